The lowest BCUT2D eigenvalue weighted by molar-refractivity contribution is -0.144. The molecule has 1 N–H and O–H groups in total. The molecule has 1 heterocycles. The number of hydrogen-bond donors (Lipinski definition) is 1. The first-order valence-corrected chi connectivity index (χ1v) is 7.52. The van der Waals surface area contributed by atoms with Crippen LogP contribution >= 0.6 is 0 Å². The van der Waals surface area contributed by atoms with Crippen LogP contribution in [0.3, 0.4) is 0 Å². The second kappa shape index (κ2) is 5.76. The summed E-state index contributed by atoms with van der Waals surface area (Å²) in [6.07, 6.45) is 2.93. The second-order valence-corrected chi connectivity index (χ2v) is 5.52. The third-order valence-electron chi connectivity index (χ3n) is 3.92. The van der Waals surface area contributed by atoms with E-state index in [9.17, 15) is 9.59 Å². The molecule has 5 nitrogen and oxygen atoms in total. The van der Waals surface area contributed by atoms with Crippen LogP contribution in [0, 0.1) is 0 Å². The van der Waals surface area contributed by atoms with Gasteiger partial charge in [-0.2, -0.15) is 0 Å². The van der Waals surface area contributed by atoms with Gasteiger partial charge in [0, 0.05) is 23.8 Å². The quantitative estimate of drug-likeness (QED) is 0.840. The molecule has 1 aromatic carbocycles. The van der Waals surface area contributed by atoms with Crippen molar-refractivity contribution in [1.29, 1.82) is 0 Å². The van der Waals surface area contributed by atoms with Gasteiger partial charge in [0.1, 0.15) is 6.54 Å². The lowest BCUT2D eigenvalue weighted by Gasteiger charge is -2.21. The Morgan fingerprint density at radius 2 is 2.19 bits per heavy atom. The zero-order chi connectivity index (χ0) is 14.8. The van der Waals surface area contributed by atoms with Crippen LogP contribution in [0.4, 0.5) is 5.69 Å². The van der Waals surface area contributed by atoms with Crippen molar-refractivity contribution in [1.82, 2.24) is 4.90 Å². The molecule has 0 bridgehead atoms. The second-order valence-electron chi connectivity index (χ2n) is 5.52. The Morgan fingerprint density at radius 3 is 2.90 bits per heavy atom. The van der Waals surface area contributed by atoms with E-state index in [0.29, 0.717) is 12.2 Å². The molecule has 1 aliphatic carbocycles. The highest BCUT2D eigenvalue weighted by Crippen LogP contribution is 2.30. The summed E-state index contributed by atoms with van der Waals surface area (Å²) in [5.74, 6) is -0.418. The van der Waals surface area contributed by atoms with E-state index < -0.39 is 0 Å². The summed E-state index contributed by atoms with van der Waals surface area (Å²) in [5, 5.41) is 3.28. The van der Waals surface area contributed by atoms with Crippen molar-refractivity contribution in [3.63, 3.8) is 0 Å². The van der Waals surface area contributed by atoms with Crippen LogP contribution in [0.1, 0.15) is 35.7 Å². The maximum Gasteiger partial charge on any atom is 0.325 e. The third kappa shape index (κ3) is 3.01. The zero-order valence-corrected chi connectivity index (χ0v) is 12.2. The number of carbonyl (C=O) groups excluding carboxylic acids is 2. The van der Waals surface area contributed by atoms with Gasteiger partial charge in [0.15, 0.2) is 0 Å². The highest BCUT2D eigenvalue weighted by atomic mass is 16.5. The van der Waals surface area contributed by atoms with Crippen LogP contribution in [-0.2, 0) is 16.0 Å². The molecule has 1 aromatic rings. The maximum atomic E-state index is 12.7. The predicted molar refractivity (Wildman–Crippen MR) is 79.3 cm³/mol. The smallest absolute Gasteiger partial charge is 0.325 e. The first kappa shape index (κ1) is 13.9. The van der Waals surface area contributed by atoms with Crippen molar-refractivity contribution in [3.8, 4) is 0 Å². The minimum absolute atomic E-state index is 0.0435. The molecule has 1 aliphatic heterocycles. The molecule has 1 amide bonds. The highest BCUT2D eigenvalue weighted by molar-refractivity contribution is 5.97. The number of rotatable bonds is 5. The zero-order valence-electron chi connectivity index (χ0n) is 12.2. The fraction of sp³-hybridized carbons (Fsp3) is 0.500. The molecule has 0 saturated heterocycles. The average molecular weight is 288 g/mol. The molecule has 21 heavy (non-hydrogen) atoms. The Balaban J connectivity index is 1.76. The Bertz CT molecular complexity index is 567. The summed E-state index contributed by atoms with van der Waals surface area (Å²) < 4.78 is 4.97. The number of hydrogen-bond acceptors (Lipinski definition) is 4. The molecule has 1 saturated carbocycles. The number of benzene rings is 1. The fourth-order valence-corrected chi connectivity index (χ4v) is 2.69. The predicted octanol–water partition coefficient (Wildman–Crippen LogP) is 1.82. The molecule has 1 fully saturated rings. The van der Waals surface area contributed by atoms with E-state index in [4.69, 9.17) is 4.74 Å². The third-order valence-corrected chi connectivity index (χ3v) is 3.92. The van der Waals surface area contributed by atoms with Gasteiger partial charge in [-0.3, -0.25) is 9.59 Å². The van der Waals surface area contributed by atoms with Gasteiger partial charge in [-0.25, -0.2) is 0 Å². The van der Waals surface area contributed by atoms with Gasteiger partial charge in [-0.15, -0.1) is 0 Å². The first-order valence-electron chi connectivity index (χ1n) is 7.52. The van der Waals surface area contributed by atoms with Crippen molar-refractivity contribution in [2.45, 2.75) is 32.2 Å². The number of nitrogens with zero attached hydrogens (tertiary/aromatic N) is 1. The monoisotopic (exact) mass is 288 g/mol. The number of ether oxygens (including phenoxy) is 1. The van der Waals surface area contributed by atoms with Crippen LogP contribution < -0.4 is 5.32 Å². The van der Waals surface area contributed by atoms with E-state index in [1.165, 1.54) is 5.56 Å². The van der Waals surface area contributed by atoms with E-state index in [1.54, 1.807) is 11.8 Å². The summed E-state index contributed by atoms with van der Waals surface area (Å²) in [5.41, 5.74) is 2.92. The van der Waals surface area contributed by atoms with Gasteiger partial charge in [0.25, 0.3) is 5.91 Å². The maximum absolute atomic E-state index is 12.7. The summed E-state index contributed by atoms with van der Waals surface area (Å²) in [6, 6.07) is 5.93. The highest BCUT2D eigenvalue weighted by Gasteiger charge is 2.34. The Kier molecular flexibility index (Phi) is 3.82. The minimum Gasteiger partial charge on any atom is -0.465 e. The standard InChI is InChI=1S/C16H20N2O3/c1-2-21-15(19)10-18(13-5-6-13)16(20)12-4-3-11-7-8-17-14(11)9-12/h3-4,9,13,17H,2,5-8,10H2,1H3. The lowest BCUT2D eigenvalue weighted by atomic mass is 10.1. The van der Waals surface area contributed by atoms with Crippen molar-refractivity contribution >= 4 is 17.6 Å². The van der Waals surface area contributed by atoms with Crippen LogP contribution in [0.5, 0.6) is 0 Å². The van der Waals surface area contributed by atoms with Crippen molar-refractivity contribution in [3.05, 3.63) is 29.3 Å². The van der Waals surface area contributed by atoms with Gasteiger partial charge < -0.3 is 15.0 Å². The lowest BCUT2D eigenvalue weighted by Crippen LogP contribution is -2.38. The average Bonchev–Trinajstić information content (AvgIpc) is 3.21. The molecular weight excluding hydrogens is 268 g/mol. The summed E-state index contributed by atoms with van der Waals surface area (Å²) in [7, 11) is 0. The molecular formula is C16H20N2O3. The van der Waals surface area contributed by atoms with Crippen molar-refractivity contribution < 1.29 is 14.3 Å². The molecule has 0 radical (unpaired) electrons. The molecule has 5 heteroatoms. The van der Waals surface area contributed by atoms with E-state index in [0.717, 1.165) is 31.5 Å². The molecule has 0 spiro atoms. The fourth-order valence-electron chi connectivity index (χ4n) is 2.69. The number of nitrogens with one attached hydrogen (secondary N) is 1. The molecule has 0 aromatic heterocycles. The SMILES string of the molecule is CCOC(=O)CN(C(=O)c1ccc2c(c1)NCC2)C1CC1. The molecule has 0 atom stereocenters. The van der Waals surface area contributed by atoms with E-state index in [2.05, 4.69) is 5.32 Å². The summed E-state index contributed by atoms with van der Waals surface area (Å²) in [6.45, 7) is 3.08. The molecule has 3 rings (SSSR count). The Hall–Kier alpha value is -2.04. The topological polar surface area (TPSA) is 58.6 Å². The molecule has 0 unspecified atom stereocenters. The van der Waals surface area contributed by atoms with Crippen LogP contribution in [0.2, 0.25) is 0 Å². The van der Waals surface area contributed by atoms with Gasteiger partial charge >= 0.3 is 5.97 Å². The van der Waals surface area contributed by atoms with Crippen LogP contribution in [-0.4, -0.2) is 42.5 Å². The van der Waals surface area contributed by atoms with Crippen LogP contribution in [0.25, 0.3) is 0 Å². The minimum atomic E-state index is -0.336. The van der Waals surface area contributed by atoms with Gasteiger partial charge in [-0.1, -0.05) is 6.07 Å². The number of fused-ring (bicyclic) bond motifs is 1. The molecule has 112 valence electrons. The van der Waals surface area contributed by atoms with Crippen molar-refractivity contribution in [2.75, 3.05) is 25.0 Å². The summed E-state index contributed by atoms with van der Waals surface area (Å²) >= 11 is 0. The van der Waals surface area contributed by atoms with Gasteiger partial charge in [-0.05, 0) is 43.9 Å². The number of anilines is 1. The number of amides is 1. The number of esters is 1. The van der Waals surface area contributed by atoms with Gasteiger partial charge in [0.2, 0.25) is 0 Å². The largest absolute Gasteiger partial charge is 0.465 e. The number of carbonyl (C=O) groups is 2. The Morgan fingerprint density at radius 1 is 1.38 bits per heavy atom. The summed E-state index contributed by atoms with van der Waals surface area (Å²) in [4.78, 5) is 26.0. The van der Waals surface area contributed by atoms with E-state index in [-0.39, 0.29) is 24.5 Å². The van der Waals surface area contributed by atoms with E-state index in [1.807, 2.05) is 18.2 Å². The normalized spacial score (nSPS) is 16.0. The van der Waals surface area contributed by atoms with Gasteiger partial charge in [0.05, 0.1) is 6.61 Å². The van der Waals surface area contributed by atoms with Crippen molar-refractivity contribution in [2.24, 2.45) is 0 Å². The first-order chi connectivity index (χ1) is 10.2. The Labute approximate surface area is 124 Å². The van der Waals surface area contributed by atoms with Crippen LogP contribution in [0.15, 0.2) is 18.2 Å². The van der Waals surface area contributed by atoms with E-state index >= 15 is 0 Å². The molecule has 2 aliphatic rings.